The van der Waals surface area contributed by atoms with E-state index in [2.05, 4.69) is 17.1 Å². The van der Waals surface area contributed by atoms with E-state index in [0.29, 0.717) is 25.5 Å². The maximum absolute atomic E-state index is 11.8. The third-order valence-electron chi connectivity index (χ3n) is 3.59. The first-order valence-electron chi connectivity index (χ1n) is 7.38. The lowest BCUT2D eigenvalue weighted by Gasteiger charge is -2.21. The van der Waals surface area contributed by atoms with E-state index in [0.717, 1.165) is 13.0 Å². The van der Waals surface area contributed by atoms with Gasteiger partial charge < -0.3 is 20.7 Å². The molecular formula is C14H29N3O2. The molecule has 1 rings (SSSR count). The number of rotatable bonds is 9. The molecule has 3 N–H and O–H groups in total. The van der Waals surface area contributed by atoms with Crippen LogP contribution in [0.2, 0.25) is 0 Å². The molecule has 1 saturated heterocycles. The topological polar surface area (TPSA) is 67.6 Å². The Morgan fingerprint density at radius 1 is 1.42 bits per heavy atom. The van der Waals surface area contributed by atoms with Crippen LogP contribution in [0.5, 0.6) is 0 Å². The number of nitrogens with one attached hydrogen (secondary N) is 1. The largest absolute Gasteiger partial charge is 0.385 e. The van der Waals surface area contributed by atoms with Crippen molar-refractivity contribution < 1.29 is 9.53 Å². The van der Waals surface area contributed by atoms with Gasteiger partial charge >= 0.3 is 0 Å². The Bertz CT molecular complexity index is 255. The van der Waals surface area contributed by atoms with Gasteiger partial charge in [-0.25, -0.2) is 0 Å². The van der Waals surface area contributed by atoms with Crippen LogP contribution in [0.1, 0.15) is 32.6 Å². The quantitative estimate of drug-likeness (QED) is 0.602. The highest BCUT2D eigenvalue weighted by molar-refractivity contribution is 5.81. The number of ether oxygens (including phenoxy) is 1. The number of nitrogens with two attached hydrogens (primary N) is 1. The first-order valence-corrected chi connectivity index (χ1v) is 7.38. The Kier molecular flexibility index (Phi) is 8.02. The molecule has 0 saturated carbocycles. The molecule has 1 fully saturated rings. The average Bonchev–Trinajstić information content (AvgIpc) is 2.88. The molecule has 19 heavy (non-hydrogen) atoms. The third kappa shape index (κ3) is 6.89. The zero-order valence-electron chi connectivity index (χ0n) is 12.4. The molecule has 112 valence electrons. The molecule has 0 radical (unpaired) electrons. The monoisotopic (exact) mass is 271 g/mol. The highest BCUT2D eigenvalue weighted by Crippen LogP contribution is 2.09. The summed E-state index contributed by atoms with van der Waals surface area (Å²) in [5.74, 6) is 0.442. The summed E-state index contributed by atoms with van der Waals surface area (Å²) < 4.78 is 4.95. The van der Waals surface area contributed by atoms with E-state index in [1.807, 2.05) is 0 Å². The average molecular weight is 271 g/mol. The Hall–Kier alpha value is -0.650. The summed E-state index contributed by atoms with van der Waals surface area (Å²) in [6.07, 6.45) is 4.13. The van der Waals surface area contributed by atoms with Gasteiger partial charge in [0.05, 0.1) is 6.04 Å². The van der Waals surface area contributed by atoms with E-state index < -0.39 is 6.04 Å². The second-order valence-electron chi connectivity index (χ2n) is 5.60. The van der Waals surface area contributed by atoms with Crippen molar-refractivity contribution in [2.45, 2.75) is 38.6 Å². The summed E-state index contributed by atoms with van der Waals surface area (Å²) in [6, 6.07) is -0.408. The maximum Gasteiger partial charge on any atom is 0.236 e. The molecule has 1 amide bonds. The standard InChI is InChI=1S/C14H29N3O2/c1-12(11-17-7-3-4-8-17)10-16-14(18)13(15)6-5-9-19-2/h12-13H,3-11,15H2,1-2H3,(H,16,18). The molecule has 2 unspecified atom stereocenters. The van der Waals surface area contributed by atoms with E-state index in [1.54, 1.807) is 7.11 Å². The number of likely N-dealkylation sites (tertiary alicyclic amines) is 1. The molecule has 1 heterocycles. The van der Waals surface area contributed by atoms with Crippen LogP contribution in [-0.4, -0.2) is 56.7 Å². The van der Waals surface area contributed by atoms with E-state index >= 15 is 0 Å². The lowest BCUT2D eigenvalue weighted by atomic mass is 10.1. The molecule has 5 heteroatoms. The molecule has 2 atom stereocenters. The minimum Gasteiger partial charge on any atom is -0.385 e. The van der Waals surface area contributed by atoms with Gasteiger partial charge in [-0.15, -0.1) is 0 Å². The van der Waals surface area contributed by atoms with E-state index in [-0.39, 0.29) is 5.91 Å². The van der Waals surface area contributed by atoms with Gasteiger partial charge in [0.15, 0.2) is 0 Å². The number of carbonyl (C=O) groups is 1. The number of methoxy groups -OCH3 is 1. The molecule has 5 nitrogen and oxygen atoms in total. The molecular weight excluding hydrogens is 242 g/mol. The van der Waals surface area contributed by atoms with Crippen molar-refractivity contribution >= 4 is 5.91 Å². The van der Waals surface area contributed by atoms with Crippen LogP contribution in [0.3, 0.4) is 0 Å². The normalized spacial score (nSPS) is 19.3. The molecule has 0 bridgehead atoms. The fourth-order valence-corrected chi connectivity index (χ4v) is 2.46. The summed E-state index contributed by atoms with van der Waals surface area (Å²) in [5, 5.41) is 2.95. The Balaban J connectivity index is 2.10. The van der Waals surface area contributed by atoms with Gasteiger partial charge in [-0.1, -0.05) is 6.92 Å². The lowest BCUT2D eigenvalue weighted by molar-refractivity contribution is -0.122. The summed E-state index contributed by atoms with van der Waals surface area (Å²) >= 11 is 0. The van der Waals surface area contributed by atoms with Gasteiger partial charge in [0.25, 0.3) is 0 Å². The first kappa shape index (κ1) is 16.4. The zero-order valence-corrected chi connectivity index (χ0v) is 12.4. The van der Waals surface area contributed by atoms with Crippen molar-refractivity contribution in [3.05, 3.63) is 0 Å². The Morgan fingerprint density at radius 3 is 2.74 bits per heavy atom. The van der Waals surface area contributed by atoms with E-state index in [4.69, 9.17) is 10.5 Å². The van der Waals surface area contributed by atoms with Crippen LogP contribution in [-0.2, 0) is 9.53 Å². The van der Waals surface area contributed by atoms with Crippen molar-refractivity contribution in [2.24, 2.45) is 11.7 Å². The summed E-state index contributed by atoms with van der Waals surface area (Å²) in [5.41, 5.74) is 5.83. The summed E-state index contributed by atoms with van der Waals surface area (Å²) in [4.78, 5) is 14.3. The number of hydrogen-bond acceptors (Lipinski definition) is 4. The number of amides is 1. The fourth-order valence-electron chi connectivity index (χ4n) is 2.46. The number of nitrogens with zero attached hydrogens (tertiary/aromatic N) is 1. The molecule has 1 aliphatic heterocycles. The van der Waals surface area contributed by atoms with Crippen LogP contribution in [0.25, 0.3) is 0 Å². The van der Waals surface area contributed by atoms with Crippen molar-refractivity contribution in [3.63, 3.8) is 0 Å². The van der Waals surface area contributed by atoms with E-state index in [1.165, 1.54) is 25.9 Å². The minimum atomic E-state index is -0.408. The summed E-state index contributed by atoms with van der Waals surface area (Å²) in [7, 11) is 1.66. The third-order valence-corrected chi connectivity index (χ3v) is 3.59. The smallest absolute Gasteiger partial charge is 0.236 e. The lowest BCUT2D eigenvalue weighted by Crippen LogP contribution is -2.43. The van der Waals surface area contributed by atoms with Gasteiger partial charge in [0, 0.05) is 26.8 Å². The predicted octanol–water partition coefficient (Wildman–Crippen LogP) is 0.588. The second-order valence-corrected chi connectivity index (χ2v) is 5.60. The van der Waals surface area contributed by atoms with Crippen molar-refractivity contribution in [1.29, 1.82) is 0 Å². The van der Waals surface area contributed by atoms with Crippen LogP contribution in [0, 0.1) is 5.92 Å². The van der Waals surface area contributed by atoms with Crippen molar-refractivity contribution in [3.8, 4) is 0 Å². The van der Waals surface area contributed by atoms with Crippen LogP contribution in [0.15, 0.2) is 0 Å². The predicted molar refractivity (Wildman–Crippen MR) is 76.9 cm³/mol. The van der Waals surface area contributed by atoms with Gasteiger partial charge in [0.1, 0.15) is 0 Å². The van der Waals surface area contributed by atoms with Gasteiger partial charge in [-0.05, 0) is 44.7 Å². The van der Waals surface area contributed by atoms with Gasteiger partial charge in [-0.3, -0.25) is 4.79 Å². The molecule has 0 spiro atoms. The van der Waals surface area contributed by atoms with Crippen LogP contribution >= 0.6 is 0 Å². The molecule has 1 aliphatic rings. The highest BCUT2D eigenvalue weighted by Gasteiger charge is 2.17. The SMILES string of the molecule is COCCCC(N)C(=O)NCC(C)CN1CCCC1. The van der Waals surface area contributed by atoms with Gasteiger partial charge in [0.2, 0.25) is 5.91 Å². The van der Waals surface area contributed by atoms with Crippen LogP contribution in [0.4, 0.5) is 0 Å². The fraction of sp³-hybridized carbons (Fsp3) is 0.929. The zero-order chi connectivity index (χ0) is 14.1. The van der Waals surface area contributed by atoms with E-state index in [9.17, 15) is 4.79 Å². The first-order chi connectivity index (χ1) is 9.13. The molecule has 0 aromatic carbocycles. The maximum atomic E-state index is 11.8. The number of carbonyl (C=O) groups excluding carboxylic acids is 1. The molecule has 0 aromatic heterocycles. The second kappa shape index (κ2) is 9.28. The number of hydrogen-bond donors (Lipinski definition) is 2. The molecule has 0 aromatic rings. The summed E-state index contributed by atoms with van der Waals surface area (Å²) in [6.45, 7) is 7.03. The van der Waals surface area contributed by atoms with Crippen LogP contribution < -0.4 is 11.1 Å². The highest BCUT2D eigenvalue weighted by atomic mass is 16.5. The van der Waals surface area contributed by atoms with Crippen molar-refractivity contribution in [2.75, 3.05) is 39.9 Å². The Labute approximate surface area is 116 Å². The Morgan fingerprint density at radius 2 is 2.11 bits per heavy atom. The van der Waals surface area contributed by atoms with Gasteiger partial charge in [-0.2, -0.15) is 0 Å². The molecule has 0 aliphatic carbocycles. The van der Waals surface area contributed by atoms with Crippen molar-refractivity contribution in [1.82, 2.24) is 10.2 Å². The minimum absolute atomic E-state index is 0.0376.